The van der Waals surface area contributed by atoms with Crippen LogP contribution < -0.4 is 10.3 Å². The first kappa shape index (κ1) is 20.1. The standard InChI is InChI=1S/C22H18ClN3O3S/c1-26(12-19-24-17-10-11-30-20(17)21(27)25-19)22(28)15-7-3-5-9-18(15)29-13-14-6-2-4-8-16(14)23/h2-11H,12-13H2,1H3,(H,24,25,27). The summed E-state index contributed by atoms with van der Waals surface area (Å²) in [6.45, 7) is 0.413. The fourth-order valence-corrected chi connectivity index (χ4v) is 3.95. The van der Waals surface area contributed by atoms with Crippen molar-refractivity contribution in [1.29, 1.82) is 0 Å². The number of para-hydroxylation sites is 1. The minimum atomic E-state index is -0.238. The molecule has 0 radical (unpaired) electrons. The van der Waals surface area contributed by atoms with Crippen LogP contribution in [0.25, 0.3) is 10.2 Å². The zero-order valence-electron chi connectivity index (χ0n) is 16.1. The fraction of sp³-hybridized carbons (Fsp3) is 0.136. The van der Waals surface area contributed by atoms with E-state index in [4.69, 9.17) is 16.3 Å². The van der Waals surface area contributed by atoms with E-state index < -0.39 is 0 Å². The lowest BCUT2D eigenvalue weighted by molar-refractivity contribution is 0.0776. The van der Waals surface area contributed by atoms with Gasteiger partial charge >= 0.3 is 0 Å². The first-order valence-electron chi connectivity index (χ1n) is 9.20. The third-order valence-corrected chi connectivity index (χ3v) is 5.83. The summed E-state index contributed by atoms with van der Waals surface area (Å²) in [5.74, 6) is 0.651. The number of aromatic amines is 1. The first-order chi connectivity index (χ1) is 14.5. The summed E-state index contributed by atoms with van der Waals surface area (Å²) in [7, 11) is 1.66. The van der Waals surface area contributed by atoms with Gasteiger partial charge in [-0.05, 0) is 29.6 Å². The van der Waals surface area contributed by atoms with Gasteiger partial charge in [0.1, 0.15) is 22.9 Å². The zero-order valence-corrected chi connectivity index (χ0v) is 17.7. The lowest BCUT2D eigenvalue weighted by atomic mass is 10.1. The van der Waals surface area contributed by atoms with Crippen LogP contribution in [0.2, 0.25) is 5.02 Å². The number of halogens is 1. The zero-order chi connectivity index (χ0) is 21.1. The Bertz CT molecular complexity index is 1270. The number of fused-ring (bicyclic) bond motifs is 1. The van der Waals surface area contributed by atoms with Gasteiger partial charge in [0.25, 0.3) is 11.5 Å². The van der Waals surface area contributed by atoms with Crippen LogP contribution in [-0.4, -0.2) is 27.8 Å². The Labute approximate surface area is 181 Å². The van der Waals surface area contributed by atoms with Crippen LogP contribution in [0.4, 0.5) is 0 Å². The van der Waals surface area contributed by atoms with E-state index in [9.17, 15) is 9.59 Å². The van der Waals surface area contributed by atoms with Crippen molar-refractivity contribution in [1.82, 2.24) is 14.9 Å². The molecule has 2 aromatic carbocycles. The molecule has 4 rings (SSSR count). The second-order valence-corrected chi connectivity index (χ2v) is 8.01. The number of rotatable bonds is 6. The summed E-state index contributed by atoms with van der Waals surface area (Å²) < 4.78 is 6.46. The summed E-state index contributed by atoms with van der Waals surface area (Å²) in [4.78, 5) is 33.9. The van der Waals surface area contributed by atoms with Gasteiger partial charge in [0.2, 0.25) is 0 Å². The molecule has 0 spiro atoms. The number of aromatic nitrogens is 2. The Morgan fingerprint density at radius 2 is 1.93 bits per heavy atom. The van der Waals surface area contributed by atoms with Crippen LogP contribution in [0.1, 0.15) is 21.7 Å². The van der Waals surface area contributed by atoms with E-state index >= 15 is 0 Å². The molecule has 1 N–H and O–H groups in total. The third kappa shape index (κ3) is 4.22. The average Bonchev–Trinajstić information content (AvgIpc) is 3.22. The molecule has 30 heavy (non-hydrogen) atoms. The molecule has 2 aromatic heterocycles. The van der Waals surface area contributed by atoms with Crippen LogP contribution in [0, 0.1) is 0 Å². The van der Waals surface area contributed by atoms with Crippen molar-refractivity contribution in [3.05, 3.63) is 92.3 Å². The van der Waals surface area contributed by atoms with Crippen molar-refractivity contribution in [3.8, 4) is 5.75 Å². The normalized spacial score (nSPS) is 10.9. The smallest absolute Gasteiger partial charge is 0.268 e. The van der Waals surface area contributed by atoms with Gasteiger partial charge in [0.15, 0.2) is 0 Å². The SMILES string of the molecule is CN(Cc1nc2ccsc2c(=O)[nH]1)C(=O)c1ccccc1OCc1ccccc1Cl. The van der Waals surface area contributed by atoms with Crippen molar-refractivity contribution in [2.75, 3.05) is 7.05 Å². The van der Waals surface area contributed by atoms with Gasteiger partial charge in [-0.15, -0.1) is 11.3 Å². The number of benzene rings is 2. The molecule has 0 aliphatic carbocycles. The fourth-order valence-electron chi connectivity index (χ4n) is 3.04. The molecule has 0 unspecified atom stereocenters. The summed E-state index contributed by atoms with van der Waals surface area (Å²) in [5, 5.41) is 2.43. The van der Waals surface area contributed by atoms with Gasteiger partial charge < -0.3 is 14.6 Å². The van der Waals surface area contributed by atoms with Gasteiger partial charge in [0.05, 0.1) is 17.6 Å². The van der Waals surface area contributed by atoms with E-state index in [0.29, 0.717) is 32.4 Å². The van der Waals surface area contributed by atoms with Gasteiger partial charge in [-0.25, -0.2) is 4.98 Å². The van der Waals surface area contributed by atoms with Crippen molar-refractivity contribution < 1.29 is 9.53 Å². The second-order valence-electron chi connectivity index (χ2n) is 6.69. The van der Waals surface area contributed by atoms with Crippen LogP contribution in [-0.2, 0) is 13.2 Å². The molecule has 0 bridgehead atoms. The van der Waals surface area contributed by atoms with E-state index in [-0.39, 0.29) is 24.6 Å². The largest absolute Gasteiger partial charge is 0.488 e. The Morgan fingerprint density at radius 3 is 2.77 bits per heavy atom. The number of carbonyl (C=O) groups is 1. The number of carbonyl (C=O) groups excluding carboxylic acids is 1. The van der Waals surface area contributed by atoms with Gasteiger partial charge in [-0.2, -0.15) is 0 Å². The van der Waals surface area contributed by atoms with Crippen LogP contribution in [0.5, 0.6) is 5.75 Å². The van der Waals surface area contributed by atoms with Crippen LogP contribution in [0.3, 0.4) is 0 Å². The topological polar surface area (TPSA) is 75.3 Å². The van der Waals surface area contributed by atoms with E-state index in [1.54, 1.807) is 37.4 Å². The molecular formula is C22H18ClN3O3S. The van der Waals surface area contributed by atoms with E-state index in [0.717, 1.165) is 5.56 Å². The van der Waals surface area contributed by atoms with Gasteiger partial charge in [-0.3, -0.25) is 9.59 Å². The molecule has 1 amide bonds. The molecule has 152 valence electrons. The van der Waals surface area contributed by atoms with Crippen LogP contribution >= 0.6 is 22.9 Å². The first-order valence-corrected chi connectivity index (χ1v) is 10.5. The molecule has 4 aromatic rings. The van der Waals surface area contributed by atoms with Crippen molar-refractivity contribution in [2.24, 2.45) is 0 Å². The molecule has 0 saturated carbocycles. The number of hydrogen-bond donors (Lipinski definition) is 1. The predicted octanol–water partition coefficient (Wildman–Crippen LogP) is 4.49. The maximum absolute atomic E-state index is 13.0. The number of ether oxygens (including phenoxy) is 1. The van der Waals surface area contributed by atoms with E-state index in [1.807, 2.05) is 29.6 Å². The molecule has 0 atom stereocenters. The predicted molar refractivity (Wildman–Crippen MR) is 118 cm³/mol. The van der Waals surface area contributed by atoms with Crippen molar-refractivity contribution in [3.63, 3.8) is 0 Å². The lowest BCUT2D eigenvalue weighted by Gasteiger charge is -2.19. The number of amides is 1. The molecule has 6 nitrogen and oxygen atoms in total. The Kier molecular flexibility index (Phi) is 5.83. The highest BCUT2D eigenvalue weighted by Crippen LogP contribution is 2.23. The Balaban J connectivity index is 1.52. The summed E-state index contributed by atoms with van der Waals surface area (Å²) in [5.41, 5.74) is 1.68. The molecule has 0 saturated heterocycles. The number of nitrogens with one attached hydrogen (secondary N) is 1. The monoisotopic (exact) mass is 439 g/mol. The molecule has 8 heteroatoms. The second kappa shape index (κ2) is 8.69. The lowest BCUT2D eigenvalue weighted by Crippen LogP contribution is -2.28. The van der Waals surface area contributed by atoms with E-state index in [2.05, 4.69) is 9.97 Å². The minimum absolute atomic E-state index is 0.165. The minimum Gasteiger partial charge on any atom is -0.488 e. The maximum atomic E-state index is 13.0. The van der Waals surface area contributed by atoms with E-state index in [1.165, 1.54) is 16.2 Å². The molecule has 2 heterocycles. The third-order valence-electron chi connectivity index (χ3n) is 4.56. The van der Waals surface area contributed by atoms with Gasteiger partial charge in [-0.1, -0.05) is 41.9 Å². The number of thiophene rings is 1. The summed E-state index contributed by atoms with van der Waals surface area (Å²) in [6, 6.07) is 16.2. The molecule has 0 aliphatic heterocycles. The highest BCUT2D eigenvalue weighted by molar-refractivity contribution is 7.17. The quantitative estimate of drug-likeness (QED) is 0.480. The molecular weight excluding hydrogens is 422 g/mol. The number of H-pyrrole nitrogens is 1. The Hall–Kier alpha value is -3.16. The summed E-state index contributed by atoms with van der Waals surface area (Å²) in [6.07, 6.45) is 0. The maximum Gasteiger partial charge on any atom is 0.268 e. The summed E-state index contributed by atoms with van der Waals surface area (Å²) >= 11 is 7.53. The highest BCUT2D eigenvalue weighted by Gasteiger charge is 2.18. The molecule has 0 aliphatic rings. The molecule has 0 fully saturated rings. The number of nitrogens with zero attached hydrogens (tertiary/aromatic N) is 2. The van der Waals surface area contributed by atoms with Crippen LogP contribution in [0.15, 0.2) is 64.8 Å². The van der Waals surface area contributed by atoms with Gasteiger partial charge in [0, 0.05) is 17.6 Å². The average molecular weight is 440 g/mol. The Morgan fingerprint density at radius 1 is 1.17 bits per heavy atom. The van der Waals surface area contributed by atoms with Crippen molar-refractivity contribution in [2.45, 2.75) is 13.2 Å². The van der Waals surface area contributed by atoms with Crippen molar-refractivity contribution >= 4 is 39.1 Å². The number of hydrogen-bond acceptors (Lipinski definition) is 5. The highest BCUT2D eigenvalue weighted by atomic mass is 35.5.